The van der Waals surface area contributed by atoms with Crippen molar-refractivity contribution in [1.82, 2.24) is 0 Å². The molecule has 0 radical (unpaired) electrons. The smallest absolute Gasteiger partial charge is 0.334 e. The molecule has 0 fully saturated rings. The number of nitrogens with zero attached hydrogens (tertiary/aromatic N) is 1. The van der Waals surface area contributed by atoms with Crippen LogP contribution in [0, 0.1) is 10.1 Å². The molecule has 0 saturated heterocycles. The lowest BCUT2D eigenvalue weighted by atomic mass is 10.1. The molecule has 0 unspecified atom stereocenters. The van der Waals surface area contributed by atoms with Crippen molar-refractivity contribution in [2.45, 2.75) is 17.4 Å². The maximum Gasteiger partial charge on any atom is 0.334 e. The summed E-state index contributed by atoms with van der Waals surface area (Å²) in [6, 6.07) is 12.4. The van der Waals surface area contributed by atoms with Gasteiger partial charge >= 0.3 is 5.97 Å². The van der Waals surface area contributed by atoms with Crippen LogP contribution in [-0.4, -0.2) is 30.5 Å². The summed E-state index contributed by atoms with van der Waals surface area (Å²) in [5, 5.41) is 19.8. The number of non-ortho nitro benzene ring substituents is 1. The molecule has 126 valence electrons. The van der Waals surface area contributed by atoms with Crippen LogP contribution in [0.1, 0.15) is 5.56 Å². The first kappa shape index (κ1) is 17.6. The zero-order chi connectivity index (χ0) is 17.7. The molecule has 2 rings (SSSR count). The van der Waals surface area contributed by atoms with Gasteiger partial charge in [0.2, 0.25) is 0 Å². The fraction of sp³-hybridized carbons (Fsp3) is 0.133. The van der Waals surface area contributed by atoms with Crippen molar-refractivity contribution in [2.24, 2.45) is 0 Å². The number of hydrogen-bond acceptors (Lipinski definition) is 6. The molecule has 2 aromatic rings. The predicted molar refractivity (Wildman–Crippen MR) is 82.9 cm³/mol. The molecule has 8 nitrogen and oxygen atoms in total. The van der Waals surface area contributed by atoms with Crippen LogP contribution in [0.4, 0.5) is 5.69 Å². The third kappa shape index (κ3) is 4.37. The number of carboxylic acid groups (broad SMARTS) is 1. The van der Waals surface area contributed by atoms with Crippen LogP contribution in [0.5, 0.6) is 0 Å². The van der Waals surface area contributed by atoms with Crippen LogP contribution in [0.25, 0.3) is 0 Å². The zero-order valence-electron chi connectivity index (χ0n) is 12.2. The van der Waals surface area contributed by atoms with Crippen LogP contribution in [0.2, 0.25) is 0 Å². The summed E-state index contributed by atoms with van der Waals surface area (Å²) < 4.78 is 29.1. The third-order valence-electron chi connectivity index (χ3n) is 3.12. The molecule has 1 N–H and O–H groups in total. The Hall–Kier alpha value is -2.78. The minimum atomic E-state index is -4.37. The minimum absolute atomic E-state index is 0.137. The van der Waals surface area contributed by atoms with Crippen LogP contribution in [0.3, 0.4) is 0 Å². The molecule has 0 aliphatic heterocycles. The Kier molecular flexibility index (Phi) is 5.27. The van der Waals surface area contributed by atoms with Crippen LogP contribution >= 0.6 is 0 Å². The maximum atomic E-state index is 12.2. The molecule has 0 aromatic heterocycles. The summed E-state index contributed by atoms with van der Waals surface area (Å²) in [6.45, 7) is 0. The Labute approximate surface area is 137 Å². The fourth-order valence-corrected chi connectivity index (χ4v) is 2.97. The van der Waals surface area contributed by atoms with Gasteiger partial charge in [-0.1, -0.05) is 30.3 Å². The number of carboxylic acids is 1. The van der Waals surface area contributed by atoms with Gasteiger partial charge in [-0.15, -0.1) is 0 Å². The summed E-state index contributed by atoms with van der Waals surface area (Å²) in [6.07, 6.45) is -1.74. The molecule has 0 aliphatic carbocycles. The van der Waals surface area contributed by atoms with Crippen molar-refractivity contribution in [3.05, 3.63) is 70.3 Å². The number of nitro benzene ring substituents is 1. The van der Waals surface area contributed by atoms with E-state index in [4.69, 9.17) is 4.18 Å². The van der Waals surface area contributed by atoms with Crippen LogP contribution in [0.15, 0.2) is 59.5 Å². The molecule has 0 spiro atoms. The van der Waals surface area contributed by atoms with Gasteiger partial charge in [0, 0.05) is 18.6 Å². The first-order chi connectivity index (χ1) is 11.3. The molecule has 0 saturated carbocycles. The second-order valence-corrected chi connectivity index (χ2v) is 6.39. The highest BCUT2D eigenvalue weighted by Gasteiger charge is 2.28. The van der Waals surface area contributed by atoms with Gasteiger partial charge in [0.15, 0.2) is 6.10 Å². The maximum absolute atomic E-state index is 12.2. The first-order valence-corrected chi connectivity index (χ1v) is 8.15. The number of rotatable bonds is 7. The molecular weight excluding hydrogens is 338 g/mol. The summed E-state index contributed by atoms with van der Waals surface area (Å²) in [5.41, 5.74) is 0.316. The Balaban J connectivity index is 2.21. The molecule has 24 heavy (non-hydrogen) atoms. The van der Waals surface area contributed by atoms with E-state index >= 15 is 0 Å². The van der Waals surface area contributed by atoms with Gasteiger partial charge < -0.3 is 5.11 Å². The Morgan fingerprint density at radius 2 is 1.71 bits per heavy atom. The average Bonchev–Trinajstić information content (AvgIpc) is 2.55. The number of carbonyl (C=O) groups is 1. The molecule has 1 atom stereocenters. The lowest BCUT2D eigenvalue weighted by Gasteiger charge is -2.13. The Bertz CT molecular complexity index is 832. The standard InChI is InChI=1S/C15H13NO7S/c17-15(18)14(10-11-4-2-1-3-5-11)23-24(21,22)13-8-6-12(7-9-13)16(19)20/h1-9,14H,10H2,(H,17,18)/t14-/m1/s1. The van der Waals surface area contributed by atoms with Gasteiger partial charge in [0.05, 0.1) is 9.82 Å². The second-order valence-electron chi connectivity index (χ2n) is 4.82. The lowest BCUT2D eigenvalue weighted by Crippen LogP contribution is -2.29. The normalized spacial score (nSPS) is 12.5. The summed E-state index contributed by atoms with van der Waals surface area (Å²) in [7, 11) is -4.37. The largest absolute Gasteiger partial charge is 0.479 e. The summed E-state index contributed by atoms with van der Waals surface area (Å²) in [5.74, 6) is -1.43. The Morgan fingerprint density at radius 3 is 2.21 bits per heavy atom. The third-order valence-corrected chi connectivity index (χ3v) is 4.45. The first-order valence-electron chi connectivity index (χ1n) is 6.74. The van der Waals surface area contributed by atoms with E-state index in [0.717, 1.165) is 24.3 Å². The molecule has 2 aromatic carbocycles. The van der Waals surface area contributed by atoms with Crippen LogP contribution in [-0.2, 0) is 25.5 Å². The molecule has 9 heteroatoms. The zero-order valence-corrected chi connectivity index (χ0v) is 13.0. The van der Waals surface area contributed by atoms with Crippen molar-refractivity contribution in [1.29, 1.82) is 0 Å². The van der Waals surface area contributed by atoms with E-state index in [9.17, 15) is 28.4 Å². The molecule has 0 aliphatic rings. The van der Waals surface area contributed by atoms with E-state index in [1.54, 1.807) is 30.3 Å². The quantitative estimate of drug-likeness (QED) is 0.459. The minimum Gasteiger partial charge on any atom is -0.479 e. The molecular formula is C15H13NO7S. The van der Waals surface area contributed by atoms with Gasteiger partial charge in [-0.3, -0.25) is 14.3 Å². The van der Waals surface area contributed by atoms with Crippen molar-refractivity contribution < 1.29 is 27.4 Å². The molecule has 0 bridgehead atoms. The highest BCUT2D eigenvalue weighted by molar-refractivity contribution is 7.86. The fourth-order valence-electron chi connectivity index (χ4n) is 1.93. The summed E-state index contributed by atoms with van der Waals surface area (Å²) >= 11 is 0. The van der Waals surface area contributed by atoms with Crippen molar-refractivity contribution in [2.75, 3.05) is 0 Å². The SMILES string of the molecule is O=C(O)[C@@H](Cc1ccccc1)OS(=O)(=O)c1ccc([N+](=O)[O-])cc1. The van der Waals surface area contributed by atoms with Gasteiger partial charge in [-0.05, 0) is 17.7 Å². The van der Waals surface area contributed by atoms with E-state index in [-0.39, 0.29) is 17.0 Å². The molecule has 0 heterocycles. The Morgan fingerprint density at radius 1 is 1.12 bits per heavy atom. The van der Waals surface area contributed by atoms with Gasteiger partial charge in [-0.2, -0.15) is 8.42 Å². The van der Waals surface area contributed by atoms with Crippen molar-refractivity contribution in [3.8, 4) is 0 Å². The number of aliphatic carboxylic acids is 1. The number of hydrogen-bond donors (Lipinski definition) is 1. The second kappa shape index (κ2) is 7.20. The number of nitro groups is 1. The van der Waals surface area contributed by atoms with E-state index in [1.165, 1.54) is 0 Å². The van der Waals surface area contributed by atoms with Gasteiger partial charge in [0.1, 0.15) is 0 Å². The van der Waals surface area contributed by atoms with Gasteiger partial charge in [0.25, 0.3) is 15.8 Å². The van der Waals surface area contributed by atoms with E-state index < -0.39 is 27.1 Å². The highest BCUT2D eigenvalue weighted by Crippen LogP contribution is 2.20. The van der Waals surface area contributed by atoms with Gasteiger partial charge in [-0.25, -0.2) is 4.79 Å². The van der Waals surface area contributed by atoms with Crippen molar-refractivity contribution >= 4 is 21.8 Å². The van der Waals surface area contributed by atoms with Crippen molar-refractivity contribution in [3.63, 3.8) is 0 Å². The lowest BCUT2D eigenvalue weighted by molar-refractivity contribution is -0.384. The van der Waals surface area contributed by atoms with E-state index in [1.807, 2.05) is 0 Å². The highest BCUT2D eigenvalue weighted by atomic mass is 32.2. The number of benzene rings is 2. The monoisotopic (exact) mass is 351 g/mol. The topological polar surface area (TPSA) is 124 Å². The average molecular weight is 351 g/mol. The van der Waals surface area contributed by atoms with E-state index in [0.29, 0.717) is 5.56 Å². The molecule has 0 amide bonds. The predicted octanol–water partition coefficient (Wildman–Crippen LogP) is 2.00. The van der Waals surface area contributed by atoms with Crippen LogP contribution < -0.4 is 0 Å². The summed E-state index contributed by atoms with van der Waals surface area (Å²) in [4.78, 5) is 20.8. The van der Waals surface area contributed by atoms with E-state index in [2.05, 4.69) is 0 Å².